The van der Waals surface area contributed by atoms with E-state index in [1.54, 1.807) is 0 Å². The Balaban J connectivity index is 2.00. The zero-order valence-electron chi connectivity index (χ0n) is 12.3. The maximum absolute atomic E-state index is 12.1. The summed E-state index contributed by atoms with van der Waals surface area (Å²) in [5, 5.41) is 0. The van der Waals surface area contributed by atoms with Crippen LogP contribution in [-0.2, 0) is 9.47 Å². The molecular formula is C14H25NO3. The highest BCUT2D eigenvalue weighted by molar-refractivity contribution is 5.69. The summed E-state index contributed by atoms with van der Waals surface area (Å²) in [6.45, 7) is 12.8. The minimum absolute atomic E-state index is 0.0118. The van der Waals surface area contributed by atoms with E-state index in [0.717, 1.165) is 6.42 Å². The lowest BCUT2D eigenvalue weighted by Gasteiger charge is -2.36. The van der Waals surface area contributed by atoms with Crippen LogP contribution in [0, 0.1) is 5.92 Å². The number of hydrogen-bond acceptors (Lipinski definition) is 3. The molecule has 1 amide bonds. The van der Waals surface area contributed by atoms with Crippen LogP contribution in [0.5, 0.6) is 0 Å². The molecule has 0 bridgehead atoms. The van der Waals surface area contributed by atoms with Gasteiger partial charge in [0.2, 0.25) is 0 Å². The van der Waals surface area contributed by atoms with Crippen molar-refractivity contribution in [3.63, 3.8) is 0 Å². The van der Waals surface area contributed by atoms with Crippen LogP contribution >= 0.6 is 0 Å². The van der Waals surface area contributed by atoms with Gasteiger partial charge in [-0.3, -0.25) is 0 Å². The second-order valence-corrected chi connectivity index (χ2v) is 6.90. The molecule has 0 aromatic rings. The standard InChI is InChI=1S/C14H25NO3/c1-9(2)14-7-10(3)15(8-11(14)17-14)12(16)18-13(4,5)6/h9-11H,7-8H2,1-6H3/t10-,11-,14+/m1/s1. The summed E-state index contributed by atoms with van der Waals surface area (Å²) in [5.41, 5.74) is -0.425. The van der Waals surface area contributed by atoms with Crippen LogP contribution in [0.4, 0.5) is 4.79 Å². The van der Waals surface area contributed by atoms with Gasteiger partial charge in [-0.1, -0.05) is 13.8 Å². The Morgan fingerprint density at radius 2 is 2.06 bits per heavy atom. The molecule has 4 nitrogen and oxygen atoms in total. The van der Waals surface area contributed by atoms with Crippen molar-refractivity contribution in [3.8, 4) is 0 Å². The number of likely N-dealkylation sites (tertiary alicyclic amines) is 1. The highest BCUT2D eigenvalue weighted by Gasteiger charge is 2.63. The van der Waals surface area contributed by atoms with Gasteiger partial charge in [0.05, 0.1) is 6.54 Å². The van der Waals surface area contributed by atoms with Crippen LogP contribution in [0.25, 0.3) is 0 Å². The topological polar surface area (TPSA) is 42.1 Å². The maximum Gasteiger partial charge on any atom is 0.410 e. The molecule has 0 aromatic heterocycles. The lowest BCUT2D eigenvalue weighted by atomic mass is 9.83. The zero-order valence-corrected chi connectivity index (χ0v) is 12.3. The summed E-state index contributed by atoms with van der Waals surface area (Å²) in [5.74, 6) is 0.505. The number of ether oxygens (including phenoxy) is 2. The molecule has 2 fully saturated rings. The van der Waals surface area contributed by atoms with E-state index in [1.165, 1.54) is 0 Å². The van der Waals surface area contributed by atoms with Crippen molar-refractivity contribution in [1.82, 2.24) is 4.90 Å². The number of epoxide rings is 1. The van der Waals surface area contributed by atoms with Gasteiger partial charge in [0.15, 0.2) is 0 Å². The third kappa shape index (κ3) is 2.35. The number of amides is 1. The Hall–Kier alpha value is -0.770. The van der Waals surface area contributed by atoms with Crippen molar-refractivity contribution in [2.45, 2.75) is 71.3 Å². The number of hydrogen-bond donors (Lipinski definition) is 0. The second-order valence-electron chi connectivity index (χ2n) is 6.90. The predicted molar refractivity (Wildman–Crippen MR) is 69.5 cm³/mol. The number of piperidine rings is 1. The molecule has 104 valence electrons. The molecule has 4 heteroatoms. The van der Waals surface area contributed by atoms with Gasteiger partial charge < -0.3 is 14.4 Å². The van der Waals surface area contributed by atoms with Gasteiger partial charge in [-0.05, 0) is 40.0 Å². The van der Waals surface area contributed by atoms with E-state index in [1.807, 2.05) is 25.7 Å². The van der Waals surface area contributed by atoms with Gasteiger partial charge in [-0.25, -0.2) is 4.79 Å². The van der Waals surface area contributed by atoms with Crippen molar-refractivity contribution < 1.29 is 14.3 Å². The minimum Gasteiger partial charge on any atom is -0.444 e. The molecule has 0 N–H and O–H groups in total. The Labute approximate surface area is 110 Å². The van der Waals surface area contributed by atoms with Gasteiger partial charge in [0.1, 0.15) is 17.3 Å². The second kappa shape index (κ2) is 4.12. The lowest BCUT2D eigenvalue weighted by Crippen LogP contribution is -2.51. The van der Waals surface area contributed by atoms with E-state index in [-0.39, 0.29) is 23.8 Å². The Kier molecular flexibility index (Phi) is 3.13. The molecular weight excluding hydrogens is 230 g/mol. The van der Waals surface area contributed by atoms with E-state index in [9.17, 15) is 4.79 Å². The molecule has 0 unspecified atom stereocenters. The maximum atomic E-state index is 12.1. The number of carbonyl (C=O) groups excluding carboxylic acids is 1. The molecule has 18 heavy (non-hydrogen) atoms. The van der Waals surface area contributed by atoms with E-state index in [4.69, 9.17) is 9.47 Å². The van der Waals surface area contributed by atoms with E-state index >= 15 is 0 Å². The number of carbonyl (C=O) groups is 1. The molecule has 2 saturated heterocycles. The van der Waals surface area contributed by atoms with Crippen LogP contribution in [-0.4, -0.2) is 40.9 Å². The summed E-state index contributed by atoms with van der Waals surface area (Å²) in [7, 11) is 0. The Bertz CT molecular complexity index is 347. The van der Waals surface area contributed by atoms with Gasteiger partial charge >= 0.3 is 6.09 Å². The molecule has 0 aliphatic carbocycles. The van der Waals surface area contributed by atoms with Crippen LogP contribution in [0.3, 0.4) is 0 Å². The van der Waals surface area contributed by atoms with Gasteiger partial charge in [0.25, 0.3) is 0 Å². The van der Waals surface area contributed by atoms with Crippen LogP contribution in [0.2, 0.25) is 0 Å². The fourth-order valence-corrected chi connectivity index (χ4v) is 2.85. The molecule has 3 atom stereocenters. The predicted octanol–water partition coefficient (Wildman–Crippen LogP) is 2.81. The Morgan fingerprint density at radius 3 is 2.56 bits per heavy atom. The number of nitrogens with zero attached hydrogens (tertiary/aromatic N) is 1. The first kappa shape index (κ1) is 13.7. The molecule has 2 aliphatic rings. The van der Waals surface area contributed by atoms with Crippen LogP contribution < -0.4 is 0 Å². The average Bonchev–Trinajstić information content (AvgIpc) is 2.88. The summed E-state index contributed by atoms with van der Waals surface area (Å²) in [6, 6.07) is 0.181. The van der Waals surface area contributed by atoms with E-state index in [0.29, 0.717) is 12.5 Å². The van der Waals surface area contributed by atoms with Gasteiger partial charge in [0, 0.05) is 6.04 Å². The number of fused-ring (bicyclic) bond motifs is 1. The highest BCUT2D eigenvalue weighted by atomic mass is 16.6. The third-order valence-corrected chi connectivity index (χ3v) is 3.96. The zero-order chi connectivity index (χ0) is 13.7. The quantitative estimate of drug-likeness (QED) is 0.677. The first-order valence-corrected chi connectivity index (χ1v) is 6.83. The monoisotopic (exact) mass is 255 g/mol. The molecule has 0 aromatic carbocycles. The van der Waals surface area contributed by atoms with Gasteiger partial charge in [-0.15, -0.1) is 0 Å². The minimum atomic E-state index is -0.437. The summed E-state index contributed by atoms with van der Waals surface area (Å²) < 4.78 is 11.3. The van der Waals surface area contributed by atoms with E-state index < -0.39 is 5.60 Å². The molecule has 0 spiro atoms. The third-order valence-electron chi connectivity index (χ3n) is 3.96. The summed E-state index contributed by atoms with van der Waals surface area (Å²) in [6.07, 6.45) is 0.887. The first-order chi connectivity index (χ1) is 8.16. The van der Waals surface area contributed by atoms with Crippen molar-refractivity contribution in [2.24, 2.45) is 5.92 Å². The molecule has 2 heterocycles. The van der Waals surface area contributed by atoms with Crippen molar-refractivity contribution in [3.05, 3.63) is 0 Å². The smallest absolute Gasteiger partial charge is 0.410 e. The first-order valence-electron chi connectivity index (χ1n) is 6.83. The molecule has 2 rings (SSSR count). The van der Waals surface area contributed by atoms with Gasteiger partial charge in [-0.2, -0.15) is 0 Å². The SMILES string of the molecule is CC(C)[C@@]12C[C@@H](C)N(C(=O)OC(C)(C)C)C[C@H]1O2. The Morgan fingerprint density at radius 1 is 1.44 bits per heavy atom. The normalized spacial score (nSPS) is 35.4. The highest BCUT2D eigenvalue weighted by Crippen LogP contribution is 2.50. The number of rotatable bonds is 1. The molecule has 0 radical (unpaired) electrons. The fourth-order valence-electron chi connectivity index (χ4n) is 2.85. The van der Waals surface area contributed by atoms with E-state index in [2.05, 4.69) is 20.8 Å². The largest absolute Gasteiger partial charge is 0.444 e. The van der Waals surface area contributed by atoms with Crippen molar-refractivity contribution >= 4 is 6.09 Å². The average molecular weight is 255 g/mol. The van der Waals surface area contributed by atoms with Crippen molar-refractivity contribution in [2.75, 3.05) is 6.54 Å². The summed E-state index contributed by atoms with van der Waals surface area (Å²) in [4.78, 5) is 13.9. The van der Waals surface area contributed by atoms with Crippen molar-refractivity contribution in [1.29, 1.82) is 0 Å². The molecule has 0 saturated carbocycles. The fraction of sp³-hybridized carbons (Fsp3) is 0.929. The summed E-state index contributed by atoms with van der Waals surface area (Å²) >= 11 is 0. The van der Waals surface area contributed by atoms with Crippen LogP contribution in [0.15, 0.2) is 0 Å². The lowest BCUT2D eigenvalue weighted by molar-refractivity contribution is 0.0109. The molecule has 2 aliphatic heterocycles. The van der Waals surface area contributed by atoms with Crippen LogP contribution in [0.1, 0.15) is 48.0 Å².